The Morgan fingerprint density at radius 3 is 2.69 bits per heavy atom. The molecule has 2 N–H and O–H groups in total. The Bertz CT molecular complexity index is 1330. The molecule has 0 spiro atoms. The summed E-state index contributed by atoms with van der Waals surface area (Å²) in [6, 6.07) is 12.3. The van der Waals surface area contributed by atoms with Gasteiger partial charge < -0.3 is 19.7 Å². The third-order valence-corrected chi connectivity index (χ3v) is 7.69. The van der Waals surface area contributed by atoms with Gasteiger partial charge in [-0.2, -0.15) is 0 Å². The summed E-state index contributed by atoms with van der Waals surface area (Å²) in [4.78, 5) is 36.5. The number of likely N-dealkylation sites (N-methyl/N-ethyl adjacent to an activating group) is 1. The second kappa shape index (κ2) is 8.85. The van der Waals surface area contributed by atoms with Crippen LogP contribution in [0.15, 0.2) is 42.5 Å². The number of nitrogens with one attached hydrogen (secondary N) is 1. The highest BCUT2D eigenvalue weighted by atomic mass is 16.5. The van der Waals surface area contributed by atoms with Crippen molar-refractivity contribution in [3.05, 3.63) is 59.3 Å². The second-order valence-corrected chi connectivity index (χ2v) is 10.3. The minimum atomic E-state index is -1.05. The van der Waals surface area contributed by atoms with Gasteiger partial charge in [-0.25, -0.2) is 4.79 Å². The smallest absolute Gasteiger partial charge is 0.328 e. The molecule has 190 valence electrons. The van der Waals surface area contributed by atoms with Gasteiger partial charge in [0, 0.05) is 42.1 Å². The number of hydrogen-bond donors (Lipinski definition) is 2. The molecule has 3 heterocycles. The number of hydrogen-bond acceptors (Lipinski definition) is 5. The van der Waals surface area contributed by atoms with Crippen LogP contribution in [-0.2, 0) is 11.2 Å². The van der Waals surface area contributed by atoms with E-state index in [-0.39, 0.29) is 17.7 Å². The molecule has 8 heteroatoms. The van der Waals surface area contributed by atoms with Crippen molar-refractivity contribution in [2.45, 2.75) is 51.7 Å². The Kier molecular flexibility index (Phi) is 5.95. The highest BCUT2D eigenvalue weighted by Gasteiger charge is 2.60. The van der Waals surface area contributed by atoms with E-state index in [1.807, 2.05) is 45.2 Å². The molecular weight excluding hydrogens is 456 g/mol. The maximum atomic E-state index is 13.9. The third kappa shape index (κ3) is 3.71. The van der Waals surface area contributed by atoms with Gasteiger partial charge in [0.2, 0.25) is 0 Å². The van der Waals surface area contributed by atoms with Crippen LogP contribution in [-0.4, -0.2) is 75.1 Å². The van der Waals surface area contributed by atoms with Crippen LogP contribution in [0.1, 0.15) is 50.6 Å². The summed E-state index contributed by atoms with van der Waals surface area (Å²) in [5, 5.41) is 11.3. The lowest BCUT2D eigenvalue weighted by Gasteiger charge is -2.42. The first-order valence-electron chi connectivity index (χ1n) is 12.6. The van der Waals surface area contributed by atoms with E-state index >= 15 is 0 Å². The van der Waals surface area contributed by atoms with Gasteiger partial charge in [0.1, 0.15) is 23.1 Å². The predicted molar refractivity (Wildman–Crippen MR) is 138 cm³/mol. The molecule has 2 aliphatic heterocycles. The monoisotopic (exact) mass is 490 g/mol. The number of imide groups is 1. The summed E-state index contributed by atoms with van der Waals surface area (Å²) in [7, 11) is 1.99. The lowest BCUT2D eigenvalue weighted by atomic mass is 9.81. The number of rotatable bonds is 7. The van der Waals surface area contributed by atoms with Crippen LogP contribution in [0.3, 0.4) is 0 Å². The number of fused-ring (bicyclic) bond motifs is 4. The van der Waals surface area contributed by atoms with Crippen molar-refractivity contribution in [3.8, 4) is 11.5 Å². The average molecular weight is 491 g/mol. The fraction of sp³-hybridized carbons (Fsp3) is 0.429. The maximum absolute atomic E-state index is 13.9. The highest BCUT2D eigenvalue weighted by Crippen LogP contribution is 2.49. The molecule has 3 amide bonds. The number of carbonyl (C=O) groups excluding carboxylic acids is 2. The summed E-state index contributed by atoms with van der Waals surface area (Å²) in [6.07, 6.45) is 0.397. The molecule has 0 saturated carbocycles. The Labute approximate surface area is 211 Å². The highest BCUT2D eigenvalue weighted by molar-refractivity contribution is 6.08. The molecule has 2 aromatic carbocycles. The van der Waals surface area contributed by atoms with E-state index in [0.29, 0.717) is 32.2 Å². The zero-order valence-corrected chi connectivity index (χ0v) is 21.5. The lowest BCUT2D eigenvalue weighted by Crippen LogP contribution is -2.53. The summed E-state index contributed by atoms with van der Waals surface area (Å²) in [5.41, 5.74) is 2.49. The second-order valence-electron chi connectivity index (χ2n) is 10.3. The minimum absolute atomic E-state index is 0.115. The number of H-pyrrole nitrogens is 1. The summed E-state index contributed by atoms with van der Waals surface area (Å²) in [6.45, 7) is 9.47. The van der Waals surface area contributed by atoms with Crippen molar-refractivity contribution in [1.82, 2.24) is 19.7 Å². The SMILES string of the molecule is CCOc1ccc2[nH]c3c(c2c1)C[C@@]1(C)C(=O)N(CCN(C)C(C)C)C(=O)N1C3c1cccc(O)c1. The molecule has 0 bridgehead atoms. The first kappa shape index (κ1) is 24.2. The predicted octanol–water partition coefficient (Wildman–Crippen LogP) is 4.28. The molecule has 0 radical (unpaired) electrons. The van der Waals surface area contributed by atoms with Crippen molar-refractivity contribution >= 4 is 22.8 Å². The van der Waals surface area contributed by atoms with Crippen molar-refractivity contribution in [2.24, 2.45) is 0 Å². The fourth-order valence-corrected chi connectivity index (χ4v) is 5.50. The zero-order valence-electron chi connectivity index (χ0n) is 21.5. The largest absolute Gasteiger partial charge is 0.508 e. The topological polar surface area (TPSA) is 89.1 Å². The third-order valence-electron chi connectivity index (χ3n) is 7.69. The Morgan fingerprint density at radius 2 is 2.00 bits per heavy atom. The van der Waals surface area contributed by atoms with E-state index in [2.05, 4.69) is 23.7 Å². The molecule has 1 unspecified atom stereocenters. The van der Waals surface area contributed by atoms with Gasteiger partial charge in [-0.15, -0.1) is 0 Å². The van der Waals surface area contributed by atoms with Gasteiger partial charge in [0.05, 0.1) is 6.61 Å². The Hall–Kier alpha value is -3.52. The first-order chi connectivity index (χ1) is 17.2. The normalized spacial score (nSPS) is 21.6. The van der Waals surface area contributed by atoms with Crippen LogP contribution < -0.4 is 4.74 Å². The van der Waals surface area contributed by atoms with E-state index in [0.717, 1.165) is 33.5 Å². The lowest BCUT2D eigenvalue weighted by molar-refractivity contribution is -0.133. The number of urea groups is 1. The van der Waals surface area contributed by atoms with E-state index in [9.17, 15) is 14.7 Å². The minimum Gasteiger partial charge on any atom is -0.508 e. The molecular formula is C28H34N4O4. The number of carbonyl (C=O) groups is 2. The van der Waals surface area contributed by atoms with Crippen molar-refractivity contribution < 1.29 is 19.4 Å². The standard InChI is InChI=1S/C28H34N4O4/c1-6-36-20-10-11-23-21(15-20)22-16-28(4)26(34)31(13-12-30(5)17(2)3)27(35)32(28)25(24(22)29-23)18-8-7-9-19(33)14-18/h7-11,14-15,17,25,29,33H,6,12-13,16H2,1-5H3/t25?,28-/m0/s1. The number of aromatic hydroxyl groups is 1. The zero-order chi connectivity index (χ0) is 25.8. The summed E-state index contributed by atoms with van der Waals surface area (Å²) >= 11 is 0. The molecule has 1 saturated heterocycles. The van der Waals surface area contributed by atoms with Crippen LogP contribution in [0.5, 0.6) is 11.5 Å². The van der Waals surface area contributed by atoms with Gasteiger partial charge in [-0.1, -0.05) is 12.1 Å². The molecule has 8 nitrogen and oxygen atoms in total. The number of benzene rings is 2. The number of amides is 3. The quantitative estimate of drug-likeness (QED) is 0.483. The van der Waals surface area contributed by atoms with E-state index in [4.69, 9.17) is 4.74 Å². The Morgan fingerprint density at radius 1 is 1.22 bits per heavy atom. The Balaban J connectivity index is 1.65. The van der Waals surface area contributed by atoms with Crippen LogP contribution in [0.2, 0.25) is 0 Å². The summed E-state index contributed by atoms with van der Waals surface area (Å²) < 4.78 is 5.75. The molecule has 0 aliphatic carbocycles. The number of aromatic amines is 1. The molecule has 1 fully saturated rings. The van der Waals surface area contributed by atoms with Gasteiger partial charge in [-0.05, 0) is 76.2 Å². The molecule has 36 heavy (non-hydrogen) atoms. The molecule has 3 aromatic rings. The fourth-order valence-electron chi connectivity index (χ4n) is 5.50. The van der Waals surface area contributed by atoms with Crippen molar-refractivity contribution in [3.63, 3.8) is 0 Å². The van der Waals surface area contributed by atoms with Gasteiger partial charge in [0.25, 0.3) is 5.91 Å². The summed E-state index contributed by atoms with van der Waals surface area (Å²) in [5.74, 6) is 0.695. The van der Waals surface area contributed by atoms with Gasteiger partial charge in [0.15, 0.2) is 0 Å². The maximum Gasteiger partial charge on any atom is 0.328 e. The molecule has 2 aliphatic rings. The number of aromatic nitrogens is 1. The van der Waals surface area contributed by atoms with Crippen LogP contribution in [0.25, 0.3) is 10.9 Å². The van der Waals surface area contributed by atoms with E-state index in [1.165, 1.54) is 4.90 Å². The number of nitrogens with zero attached hydrogens (tertiary/aromatic N) is 3. The van der Waals surface area contributed by atoms with Gasteiger partial charge in [-0.3, -0.25) is 14.6 Å². The average Bonchev–Trinajstić information content (AvgIpc) is 3.28. The van der Waals surface area contributed by atoms with E-state index < -0.39 is 11.6 Å². The molecule has 2 atom stereocenters. The molecule has 1 aromatic heterocycles. The van der Waals surface area contributed by atoms with Crippen LogP contribution >= 0.6 is 0 Å². The first-order valence-corrected chi connectivity index (χ1v) is 12.6. The van der Waals surface area contributed by atoms with Crippen LogP contribution in [0.4, 0.5) is 4.79 Å². The van der Waals surface area contributed by atoms with E-state index in [1.54, 1.807) is 23.1 Å². The number of phenols is 1. The number of ether oxygens (including phenoxy) is 1. The van der Waals surface area contributed by atoms with Crippen LogP contribution in [0, 0.1) is 0 Å². The van der Waals surface area contributed by atoms with Crippen molar-refractivity contribution in [1.29, 1.82) is 0 Å². The number of phenolic OH excluding ortho intramolecular Hbond substituents is 1. The molecule has 5 rings (SSSR count). The van der Waals surface area contributed by atoms with Gasteiger partial charge >= 0.3 is 6.03 Å². The van der Waals surface area contributed by atoms with Crippen molar-refractivity contribution in [2.75, 3.05) is 26.7 Å².